The van der Waals surface area contributed by atoms with Gasteiger partial charge in [0.15, 0.2) is 11.9 Å². The van der Waals surface area contributed by atoms with E-state index in [-0.39, 0.29) is 18.0 Å². The van der Waals surface area contributed by atoms with E-state index in [9.17, 15) is 27.9 Å². The van der Waals surface area contributed by atoms with Crippen molar-refractivity contribution in [1.29, 1.82) is 0 Å². The lowest BCUT2D eigenvalue weighted by molar-refractivity contribution is -0.274. The Balaban J connectivity index is 2.18. The van der Waals surface area contributed by atoms with Gasteiger partial charge in [-0.2, -0.15) is 0 Å². The number of carbonyl (C=O) groups excluding carboxylic acids is 1. The van der Waals surface area contributed by atoms with Gasteiger partial charge in [-0.25, -0.2) is 4.79 Å². The van der Waals surface area contributed by atoms with Gasteiger partial charge in [0.2, 0.25) is 0 Å². The number of hydrogen-bond acceptors (Lipinski definition) is 4. The Hall–Kier alpha value is -3.49. The summed E-state index contributed by atoms with van der Waals surface area (Å²) in [6.45, 7) is 4.73. The summed E-state index contributed by atoms with van der Waals surface area (Å²) >= 11 is 0. The molecule has 0 radical (unpaired) electrons. The number of aliphatic carboxylic acids is 1. The van der Waals surface area contributed by atoms with Crippen molar-refractivity contribution in [3.8, 4) is 17.2 Å². The molecule has 0 aliphatic rings. The first-order valence-electron chi connectivity index (χ1n) is 9.43. The van der Waals surface area contributed by atoms with Gasteiger partial charge in [-0.05, 0) is 44.5 Å². The molecule has 31 heavy (non-hydrogen) atoms. The Bertz CT molecular complexity index is 1150. The molecule has 0 saturated heterocycles. The lowest BCUT2D eigenvalue weighted by atomic mass is 10.1. The molecule has 3 rings (SSSR count). The SMILES string of the molecule is CC[C@@H](Oc1cccc(-n2c(C)c(C(C)=O)c3ccc(OC(F)(F)F)cc32)c1)C(=O)O. The third-order valence-corrected chi connectivity index (χ3v) is 4.76. The van der Waals surface area contributed by atoms with Crippen LogP contribution in [-0.2, 0) is 4.79 Å². The van der Waals surface area contributed by atoms with Gasteiger partial charge < -0.3 is 19.1 Å². The summed E-state index contributed by atoms with van der Waals surface area (Å²) in [5.74, 6) is -1.49. The van der Waals surface area contributed by atoms with E-state index >= 15 is 0 Å². The van der Waals surface area contributed by atoms with Crippen molar-refractivity contribution in [3.05, 3.63) is 53.7 Å². The van der Waals surface area contributed by atoms with Gasteiger partial charge in [-0.15, -0.1) is 13.2 Å². The number of fused-ring (bicyclic) bond motifs is 1. The predicted octanol–water partition coefficient (Wildman–Crippen LogP) is 5.28. The van der Waals surface area contributed by atoms with Crippen LogP contribution in [0.2, 0.25) is 0 Å². The molecule has 1 atom stereocenters. The van der Waals surface area contributed by atoms with Gasteiger partial charge in [0.25, 0.3) is 0 Å². The Kier molecular flexibility index (Phi) is 5.97. The first-order valence-corrected chi connectivity index (χ1v) is 9.43. The molecule has 0 saturated carbocycles. The minimum atomic E-state index is -4.86. The Labute approximate surface area is 175 Å². The molecule has 3 aromatic rings. The van der Waals surface area contributed by atoms with Crippen molar-refractivity contribution >= 4 is 22.7 Å². The molecule has 0 spiro atoms. The highest BCUT2D eigenvalue weighted by atomic mass is 19.4. The second-order valence-electron chi connectivity index (χ2n) is 6.93. The van der Waals surface area contributed by atoms with Gasteiger partial charge in [-0.3, -0.25) is 4.79 Å². The highest BCUT2D eigenvalue weighted by molar-refractivity contribution is 6.09. The van der Waals surface area contributed by atoms with Crippen LogP contribution in [0.15, 0.2) is 42.5 Å². The number of alkyl halides is 3. The number of ketones is 1. The molecule has 164 valence electrons. The average Bonchev–Trinajstić information content (AvgIpc) is 2.96. The number of carboxylic acid groups (broad SMARTS) is 1. The van der Waals surface area contributed by atoms with Crippen LogP contribution in [0.25, 0.3) is 16.6 Å². The molecule has 1 N–H and O–H groups in total. The monoisotopic (exact) mass is 435 g/mol. The lowest BCUT2D eigenvalue weighted by Gasteiger charge is -2.15. The zero-order chi connectivity index (χ0) is 22.9. The quantitative estimate of drug-likeness (QED) is 0.511. The van der Waals surface area contributed by atoms with E-state index in [2.05, 4.69) is 4.74 Å². The van der Waals surface area contributed by atoms with E-state index in [1.807, 2.05) is 0 Å². The molecule has 0 amide bonds. The fourth-order valence-electron chi connectivity index (χ4n) is 3.54. The minimum Gasteiger partial charge on any atom is -0.479 e. The molecule has 1 aromatic heterocycles. The lowest BCUT2D eigenvalue weighted by Crippen LogP contribution is -2.25. The second-order valence-corrected chi connectivity index (χ2v) is 6.93. The molecule has 0 aliphatic carbocycles. The van der Waals surface area contributed by atoms with Crippen LogP contribution >= 0.6 is 0 Å². The van der Waals surface area contributed by atoms with Crippen molar-refractivity contribution in [3.63, 3.8) is 0 Å². The van der Waals surface area contributed by atoms with E-state index < -0.39 is 24.2 Å². The molecule has 9 heteroatoms. The summed E-state index contributed by atoms with van der Waals surface area (Å²) < 4.78 is 49.3. The van der Waals surface area contributed by atoms with Crippen LogP contribution in [0.1, 0.15) is 36.3 Å². The average molecular weight is 435 g/mol. The number of halogens is 3. The molecule has 0 bridgehead atoms. The number of carboxylic acids is 1. The van der Waals surface area contributed by atoms with Gasteiger partial charge >= 0.3 is 12.3 Å². The van der Waals surface area contributed by atoms with Crippen LogP contribution in [0, 0.1) is 6.92 Å². The number of ether oxygens (including phenoxy) is 2. The molecule has 0 fully saturated rings. The summed E-state index contributed by atoms with van der Waals surface area (Å²) in [4.78, 5) is 23.5. The maximum atomic E-state index is 12.7. The molecule has 0 aliphatic heterocycles. The number of benzene rings is 2. The first-order chi connectivity index (χ1) is 14.5. The third-order valence-electron chi connectivity index (χ3n) is 4.76. The third kappa shape index (κ3) is 4.65. The number of aromatic nitrogens is 1. The highest BCUT2D eigenvalue weighted by Crippen LogP contribution is 2.34. The Morgan fingerprint density at radius 2 is 1.84 bits per heavy atom. The fourth-order valence-corrected chi connectivity index (χ4v) is 3.54. The van der Waals surface area contributed by atoms with Crippen molar-refractivity contribution in [2.75, 3.05) is 0 Å². The van der Waals surface area contributed by atoms with Crippen LogP contribution in [0.4, 0.5) is 13.2 Å². The summed E-state index contributed by atoms with van der Waals surface area (Å²) in [6, 6.07) is 10.2. The molecular formula is C22H20F3NO5. The highest BCUT2D eigenvalue weighted by Gasteiger charge is 2.31. The standard InChI is InChI=1S/C22H20F3NO5/c1-4-19(21(28)29)30-15-7-5-6-14(10-15)26-12(2)20(13(3)27)17-9-8-16(11-18(17)26)31-22(23,24)25/h5-11,19H,4H2,1-3H3,(H,28,29)/t19-/m1/s1. The summed E-state index contributed by atoms with van der Waals surface area (Å²) in [5.41, 5.74) is 1.73. The summed E-state index contributed by atoms with van der Waals surface area (Å²) in [7, 11) is 0. The number of carbonyl (C=O) groups is 2. The molecule has 2 aromatic carbocycles. The molecule has 1 heterocycles. The van der Waals surface area contributed by atoms with Gasteiger partial charge in [0.1, 0.15) is 11.5 Å². The van der Waals surface area contributed by atoms with E-state index in [0.717, 1.165) is 6.07 Å². The summed E-state index contributed by atoms with van der Waals surface area (Å²) in [6.07, 6.45) is -5.65. The van der Waals surface area contributed by atoms with Crippen molar-refractivity contribution in [1.82, 2.24) is 4.57 Å². The van der Waals surface area contributed by atoms with Gasteiger partial charge in [-0.1, -0.05) is 13.0 Å². The number of Topliss-reactive ketones (excluding diaryl/α,β-unsaturated/α-hetero) is 1. The maximum Gasteiger partial charge on any atom is 0.573 e. The normalized spacial score (nSPS) is 12.6. The first kappa shape index (κ1) is 22.2. The van der Waals surface area contributed by atoms with E-state index in [1.54, 1.807) is 42.7 Å². The van der Waals surface area contributed by atoms with Gasteiger partial charge in [0.05, 0.1) is 5.52 Å². The minimum absolute atomic E-state index is 0.241. The van der Waals surface area contributed by atoms with E-state index in [1.165, 1.54) is 19.1 Å². The Morgan fingerprint density at radius 3 is 2.42 bits per heavy atom. The molecule has 0 unspecified atom stereocenters. The van der Waals surface area contributed by atoms with Crippen LogP contribution in [0.3, 0.4) is 0 Å². The maximum absolute atomic E-state index is 12.7. The molecular weight excluding hydrogens is 415 g/mol. The van der Waals surface area contributed by atoms with Crippen molar-refractivity contribution < 1.29 is 37.3 Å². The second kappa shape index (κ2) is 8.33. The van der Waals surface area contributed by atoms with Crippen LogP contribution in [0.5, 0.6) is 11.5 Å². The Morgan fingerprint density at radius 1 is 1.13 bits per heavy atom. The topological polar surface area (TPSA) is 77.8 Å². The van der Waals surface area contributed by atoms with Crippen LogP contribution in [-0.4, -0.2) is 33.9 Å². The number of hydrogen-bond donors (Lipinski definition) is 1. The largest absolute Gasteiger partial charge is 0.573 e. The zero-order valence-electron chi connectivity index (χ0n) is 17.0. The predicted molar refractivity (Wildman–Crippen MR) is 107 cm³/mol. The van der Waals surface area contributed by atoms with Crippen molar-refractivity contribution in [2.24, 2.45) is 0 Å². The smallest absolute Gasteiger partial charge is 0.479 e. The summed E-state index contributed by atoms with van der Waals surface area (Å²) in [5, 5.41) is 9.70. The van der Waals surface area contributed by atoms with E-state index in [4.69, 9.17) is 4.74 Å². The fraction of sp³-hybridized carbons (Fsp3) is 0.273. The molecule has 6 nitrogen and oxygen atoms in total. The number of rotatable bonds is 7. The number of nitrogens with zero attached hydrogens (tertiary/aromatic N) is 1. The van der Waals surface area contributed by atoms with Crippen molar-refractivity contribution in [2.45, 2.75) is 39.7 Å². The zero-order valence-corrected chi connectivity index (χ0v) is 17.0. The van der Waals surface area contributed by atoms with Gasteiger partial charge in [0, 0.05) is 34.5 Å². The van der Waals surface area contributed by atoms with Crippen LogP contribution < -0.4 is 9.47 Å². The van der Waals surface area contributed by atoms with E-state index in [0.29, 0.717) is 27.8 Å².